The number of aromatic nitrogens is 1. The first-order chi connectivity index (χ1) is 8.63. The van der Waals surface area contributed by atoms with E-state index in [-0.39, 0.29) is 12.0 Å². The lowest BCUT2D eigenvalue weighted by molar-refractivity contribution is -0.142. The molecule has 1 aliphatic rings. The molecule has 1 aliphatic heterocycles. The van der Waals surface area contributed by atoms with Gasteiger partial charge >= 0.3 is 5.97 Å². The Kier molecular flexibility index (Phi) is 3.47. The average Bonchev–Trinajstić information content (AvgIpc) is 2.38. The van der Waals surface area contributed by atoms with Crippen molar-refractivity contribution in [2.45, 2.75) is 25.8 Å². The second-order valence-electron chi connectivity index (χ2n) is 4.59. The number of anilines is 1. The third-order valence-electron chi connectivity index (χ3n) is 3.40. The number of piperidine rings is 1. The van der Waals surface area contributed by atoms with E-state index < -0.39 is 5.97 Å². The van der Waals surface area contributed by atoms with Crippen molar-refractivity contribution in [3.63, 3.8) is 0 Å². The number of carbonyl (C=O) groups is 1. The second kappa shape index (κ2) is 5.05. The summed E-state index contributed by atoms with van der Waals surface area (Å²) >= 11 is 0. The largest absolute Gasteiger partial charge is 0.481 e. The van der Waals surface area contributed by atoms with E-state index in [0.717, 1.165) is 0 Å². The Morgan fingerprint density at radius 1 is 1.67 bits per heavy atom. The molecule has 0 aliphatic carbocycles. The predicted molar refractivity (Wildman–Crippen MR) is 66.1 cm³/mol. The lowest BCUT2D eigenvalue weighted by Gasteiger charge is -2.37. The molecule has 2 heterocycles. The summed E-state index contributed by atoms with van der Waals surface area (Å²) < 4.78 is 0. The van der Waals surface area contributed by atoms with E-state index in [0.29, 0.717) is 30.8 Å². The van der Waals surface area contributed by atoms with Gasteiger partial charge < -0.3 is 10.0 Å². The van der Waals surface area contributed by atoms with Gasteiger partial charge in [0.1, 0.15) is 11.9 Å². The fourth-order valence-electron chi connectivity index (χ4n) is 2.42. The van der Waals surface area contributed by atoms with Gasteiger partial charge in [0, 0.05) is 18.8 Å². The maximum absolute atomic E-state index is 11.0. The van der Waals surface area contributed by atoms with Crippen LogP contribution in [0.4, 0.5) is 5.82 Å². The fourth-order valence-corrected chi connectivity index (χ4v) is 2.42. The monoisotopic (exact) mass is 245 g/mol. The number of pyridine rings is 1. The van der Waals surface area contributed by atoms with E-state index in [2.05, 4.69) is 11.1 Å². The summed E-state index contributed by atoms with van der Waals surface area (Å²) in [6, 6.07) is 5.68. The van der Waals surface area contributed by atoms with Crippen LogP contribution in [-0.4, -0.2) is 28.6 Å². The second-order valence-corrected chi connectivity index (χ2v) is 4.59. The van der Waals surface area contributed by atoms with Crippen molar-refractivity contribution in [2.24, 2.45) is 5.92 Å². The van der Waals surface area contributed by atoms with E-state index >= 15 is 0 Å². The molecule has 0 bridgehead atoms. The molecule has 1 aromatic rings. The molecule has 0 saturated carbocycles. The molecule has 5 heteroatoms. The molecule has 1 saturated heterocycles. The number of carboxylic acids is 1. The molecule has 1 N–H and O–H groups in total. The van der Waals surface area contributed by atoms with E-state index in [1.54, 1.807) is 18.3 Å². The van der Waals surface area contributed by atoms with Crippen molar-refractivity contribution < 1.29 is 9.90 Å². The Morgan fingerprint density at radius 3 is 3.06 bits per heavy atom. The summed E-state index contributed by atoms with van der Waals surface area (Å²) in [4.78, 5) is 17.3. The van der Waals surface area contributed by atoms with Crippen LogP contribution in [0.5, 0.6) is 0 Å². The van der Waals surface area contributed by atoms with Crippen molar-refractivity contribution in [3.05, 3.63) is 23.9 Å². The highest BCUT2D eigenvalue weighted by Gasteiger charge is 2.31. The van der Waals surface area contributed by atoms with Crippen molar-refractivity contribution in [2.75, 3.05) is 11.4 Å². The summed E-state index contributed by atoms with van der Waals surface area (Å²) in [5.74, 6) is -0.357. The number of hydrogen-bond donors (Lipinski definition) is 1. The van der Waals surface area contributed by atoms with Gasteiger partial charge in [0.05, 0.1) is 11.5 Å². The lowest BCUT2D eigenvalue weighted by atomic mass is 9.91. The first-order valence-electron chi connectivity index (χ1n) is 5.98. The molecule has 0 spiro atoms. The number of hydrogen-bond acceptors (Lipinski definition) is 4. The zero-order valence-electron chi connectivity index (χ0n) is 10.2. The first kappa shape index (κ1) is 12.4. The number of nitriles is 1. The number of nitrogens with zero attached hydrogens (tertiary/aromatic N) is 3. The zero-order valence-corrected chi connectivity index (χ0v) is 10.2. The standard InChI is InChI=1S/C13H15N3O2/c1-9-7-10(13(17)18)4-6-16(9)12-11(8-14)3-2-5-15-12/h2-3,5,9-10H,4,6-7H2,1H3,(H,17,18). The summed E-state index contributed by atoms with van der Waals surface area (Å²) in [5.41, 5.74) is 0.540. The Balaban J connectivity index is 2.21. The first-order valence-corrected chi connectivity index (χ1v) is 5.98. The highest BCUT2D eigenvalue weighted by Crippen LogP contribution is 2.28. The van der Waals surface area contributed by atoms with E-state index in [1.165, 1.54) is 0 Å². The van der Waals surface area contributed by atoms with Gasteiger partial charge in [0.15, 0.2) is 0 Å². The zero-order chi connectivity index (χ0) is 13.1. The van der Waals surface area contributed by atoms with Gasteiger partial charge in [-0.05, 0) is 31.9 Å². The van der Waals surface area contributed by atoms with Crippen LogP contribution in [0, 0.1) is 17.2 Å². The Bertz CT molecular complexity index is 495. The molecular weight excluding hydrogens is 230 g/mol. The van der Waals surface area contributed by atoms with Crippen molar-refractivity contribution in [1.29, 1.82) is 5.26 Å². The Hall–Kier alpha value is -2.09. The molecule has 1 aromatic heterocycles. The van der Waals surface area contributed by atoms with E-state index in [4.69, 9.17) is 10.4 Å². The van der Waals surface area contributed by atoms with Crippen molar-refractivity contribution in [1.82, 2.24) is 4.98 Å². The van der Waals surface area contributed by atoms with Gasteiger partial charge in [0.2, 0.25) is 0 Å². The minimum Gasteiger partial charge on any atom is -0.481 e. The predicted octanol–water partition coefficient (Wildman–Crippen LogP) is 1.64. The number of carboxylic acid groups (broad SMARTS) is 1. The van der Waals surface area contributed by atoms with Crippen LogP contribution in [0.2, 0.25) is 0 Å². The minimum atomic E-state index is -0.733. The molecule has 0 amide bonds. The topological polar surface area (TPSA) is 77.2 Å². The fraction of sp³-hybridized carbons (Fsp3) is 0.462. The lowest BCUT2D eigenvalue weighted by Crippen LogP contribution is -2.43. The quantitative estimate of drug-likeness (QED) is 0.857. The molecule has 1 fully saturated rings. The van der Waals surface area contributed by atoms with Crippen LogP contribution >= 0.6 is 0 Å². The summed E-state index contributed by atoms with van der Waals surface area (Å²) in [6.45, 7) is 2.61. The molecule has 0 radical (unpaired) electrons. The molecule has 2 atom stereocenters. The Labute approximate surface area is 106 Å². The molecule has 94 valence electrons. The molecular formula is C13H15N3O2. The van der Waals surface area contributed by atoms with Crippen LogP contribution in [0.15, 0.2) is 18.3 Å². The summed E-state index contributed by atoms with van der Waals surface area (Å²) in [6.07, 6.45) is 2.85. The van der Waals surface area contributed by atoms with Crippen LogP contribution < -0.4 is 4.90 Å². The minimum absolute atomic E-state index is 0.0850. The van der Waals surface area contributed by atoms with Gasteiger partial charge in [-0.25, -0.2) is 4.98 Å². The molecule has 18 heavy (non-hydrogen) atoms. The average molecular weight is 245 g/mol. The maximum Gasteiger partial charge on any atom is 0.306 e. The summed E-state index contributed by atoms with van der Waals surface area (Å²) in [7, 11) is 0. The maximum atomic E-state index is 11.0. The summed E-state index contributed by atoms with van der Waals surface area (Å²) in [5, 5.41) is 18.1. The highest BCUT2D eigenvalue weighted by molar-refractivity contribution is 5.70. The molecule has 2 unspecified atom stereocenters. The molecule has 2 rings (SSSR count). The van der Waals surface area contributed by atoms with Crippen LogP contribution in [0.1, 0.15) is 25.3 Å². The van der Waals surface area contributed by atoms with Gasteiger partial charge in [0.25, 0.3) is 0 Å². The van der Waals surface area contributed by atoms with Crippen molar-refractivity contribution >= 4 is 11.8 Å². The Morgan fingerprint density at radius 2 is 2.44 bits per heavy atom. The normalized spacial score (nSPS) is 23.4. The van der Waals surface area contributed by atoms with Crippen LogP contribution in [0.25, 0.3) is 0 Å². The molecule has 0 aromatic carbocycles. The highest BCUT2D eigenvalue weighted by atomic mass is 16.4. The van der Waals surface area contributed by atoms with Crippen LogP contribution in [0.3, 0.4) is 0 Å². The van der Waals surface area contributed by atoms with E-state index in [9.17, 15) is 4.79 Å². The SMILES string of the molecule is CC1CC(C(=O)O)CCN1c1ncccc1C#N. The van der Waals surface area contributed by atoms with Crippen LogP contribution in [-0.2, 0) is 4.79 Å². The van der Waals surface area contributed by atoms with Gasteiger partial charge in [-0.3, -0.25) is 4.79 Å². The third kappa shape index (κ3) is 2.28. The third-order valence-corrected chi connectivity index (χ3v) is 3.40. The van der Waals surface area contributed by atoms with Gasteiger partial charge in [-0.1, -0.05) is 0 Å². The van der Waals surface area contributed by atoms with Gasteiger partial charge in [-0.15, -0.1) is 0 Å². The number of aliphatic carboxylic acids is 1. The number of rotatable bonds is 2. The van der Waals surface area contributed by atoms with E-state index in [1.807, 2.05) is 11.8 Å². The smallest absolute Gasteiger partial charge is 0.306 e. The molecule has 5 nitrogen and oxygen atoms in total. The van der Waals surface area contributed by atoms with Crippen molar-refractivity contribution in [3.8, 4) is 6.07 Å². The van der Waals surface area contributed by atoms with Gasteiger partial charge in [-0.2, -0.15) is 5.26 Å².